The summed E-state index contributed by atoms with van der Waals surface area (Å²) >= 11 is 0. The molecule has 1 amide bonds. The summed E-state index contributed by atoms with van der Waals surface area (Å²) < 4.78 is 6.99. The number of oxazole rings is 1. The number of rotatable bonds is 3. The molecule has 6 nitrogen and oxygen atoms in total. The van der Waals surface area contributed by atoms with Crippen LogP contribution >= 0.6 is 0 Å². The topological polar surface area (TPSA) is 67.5 Å². The standard InChI is InChI=1S/C20H21N3O3/c1-14-2-4-15(5-3-14)13-23-17-7-6-16(12-18(17)26-20(23)25)19(24)22-10-8-21-9-11-22/h2-7,12,21H,8-11,13H2,1H3. The Hall–Kier alpha value is -2.86. The third-order valence-corrected chi connectivity index (χ3v) is 4.78. The fourth-order valence-electron chi connectivity index (χ4n) is 3.28. The highest BCUT2D eigenvalue weighted by molar-refractivity contribution is 5.97. The number of nitrogens with zero attached hydrogens (tertiary/aromatic N) is 2. The van der Waals surface area contributed by atoms with Gasteiger partial charge in [-0.05, 0) is 30.7 Å². The van der Waals surface area contributed by atoms with Crippen LogP contribution in [0.4, 0.5) is 0 Å². The van der Waals surface area contributed by atoms with Gasteiger partial charge in [-0.3, -0.25) is 9.36 Å². The summed E-state index contributed by atoms with van der Waals surface area (Å²) in [5.74, 6) is -0.435. The van der Waals surface area contributed by atoms with Gasteiger partial charge in [0.2, 0.25) is 0 Å². The monoisotopic (exact) mass is 351 g/mol. The van der Waals surface area contributed by atoms with Crippen molar-refractivity contribution in [3.8, 4) is 0 Å². The van der Waals surface area contributed by atoms with E-state index in [0.29, 0.717) is 36.3 Å². The maximum Gasteiger partial charge on any atom is 0.420 e. The molecule has 3 aromatic rings. The zero-order valence-corrected chi connectivity index (χ0v) is 14.7. The zero-order valence-electron chi connectivity index (χ0n) is 14.7. The van der Waals surface area contributed by atoms with Gasteiger partial charge in [0.05, 0.1) is 12.1 Å². The molecule has 134 valence electrons. The molecule has 6 heteroatoms. The molecule has 1 N–H and O–H groups in total. The van der Waals surface area contributed by atoms with Crippen LogP contribution in [0.1, 0.15) is 21.5 Å². The molecule has 4 rings (SSSR count). The fourth-order valence-corrected chi connectivity index (χ4v) is 3.28. The molecule has 0 aliphatic carbocycles. The Bertz CT molecular complexity index is 995. The van der Waals surface area contributed by atoms with E-state index in [4.69, 9.17) is 4.42 Å². The molecule has 1 aliphatic rings. The van der Waals surface area contributed by atoms with E-state index >= 15 is 0 Å². The number of nitrogens with one attached hydrogen (secondary N) is 1. The molecule has 0 spiro atoms. The minimum atomic E-state index is -0.410. The summed E-state index contributed by atoms with van der Waals surface area (Å²) in [5, 5.41) is 3.23. The van der Waals surface area contributed by atoms with Crippen LogP contribution in [-0.4, -0.2) is 41.6 Å². The number of aromatic nitrogens is 1. The minimum absolute atomic E-state index is 0.0256. The predicted molar refractivity (Wildman–Crippen MR) is 99.5 cm³/mol. The third kappa shape index (κ3) is 3.15. The van der Waals surface area contributed by atoms with Crippen LogP contribution in [0.5, 0.6) is 0 Å². The summed E-state index contributed by atoms with van der Waals surface area (Å²) in [6.07, 6.45) is 0. The van der Waals surface area contributed by atoms with Crippen molar-refractivity contribution in [3.05, 3.63) is 69.7 Å². The number of aryl methyl sites for hydroxylation is 1. The van der Waals surface area contributed by atoms with E-state index in [9.17, 15) is 9.59 Å². The Balaban J connectivity index is 1.64. The SMILES string of the molecule is Cc1ccc(Cn2c(=O)oc3cc(C(=O)N4CCNCC4)ccc32)cc1. The lowest BCUT2D eigenvalue weighted by atomic mass is 10.1. The van der Waals surface area contributed by atoms with Gasteiger partial charge >= 0.3 is 5.76 Å². The van der Waals surface area contributed by atoms with Crippen LogP contribution in [0, 0.1) is 6.92 Å². The van der Waals surface area contributed by atoms with Gasteiger partial charge in [0.15, 0.2) is 5.58 Å². The van der Waals surface area contributed by atoms with Gasteiger partial charge in [0.1, 0.15) is 0 Å². The van der Waals surface area contributed by atoms with Crippen LogP contribution in [0.3, 0.4) is 0 Å². The molecule has 1 saturated heterocycles. The first kappa shape index (κ1) is 16.6. The quantitative estimate of drug-likeness (QED) is 0.784. The molecule has 0 radical (unpaired) electrons. The van der Waals surface area contributed by atoms with Crippen molar-refractivity contribution in [3.63, 3.8) is 0 Å². The maximum absolute atomic E-state index is 12.6. The largest absolute Gasteiger partial charge is 0.420 e. The minimum Gasteiger partial charge on any atom is -0.408 e. The Morgan fingerprint density at radius 3 is 2.58 bits per heavy atom. The molecular formula is C20H21N3O3. The van der Waals surface area contributed by atoms with E-state index in [0.717, 1.165) is 18.7 Å². The van der Waals surface area contributed by atoms with Crippen LogP contribution in [0.2, 0.25) is 0 Å². The molecule has 0 saturated carbocycles. The van der Waals surface area contributed by atoms with Crippen LogP contribution in [0.25, 0.3) is 11.1 Å². The Kier molecular flexibility index (Phi) is 4.34. The highest BCUT2D eigenvalue weighted by Gasteiger charge is 2.19. The normalized spacial score (nSPS) is 14.7. The first-order chi connectivity index (χ1) is 12.6. The molecule has 2 aromatic carbocycles. The number of hydrogen-bond acceptors (Lipinski definition) is 4. The number of amides is 1. The van der Waals surface area contributed by atoms with Crippen molar-refractivity contribution in [1.82, 2.24) is 14.8 Å². The van der Waals surface area contributed by atoms with Crippen LogP contribution in [0.15, 0.2) is 51.7 Å². The summed E-state index contributed by atoms with van der Waals surface area (Å²) in [6, 6.07) is 13.3. The van der Waals surface area contributed by atoms with E-state index in [1.165, 1.54) is 5.56 Å². The van der Waals surface area contributed by atoms with Gasteiger partial charge in [-0.1, -0.05) is 29.8 Å². The summed E-state index contributed by atoms with van der Waals surface area (Å²) in [7, 11) is 0. The number of fused-ring (bicyclic) bond motifs is 1. The van der Waals surface area contributed by atoms with Gasteiger partial charge < -0.3 is 14.6 Å². The molecular weight excluding hydrogens is 330 g/mol. The number of carbonyl (C=O) groups excluding carboxylic acids is 1. The molecule has 0 atom stereocenters. The van der Waals surface area contributed by atoms with Crippen LogP contribution in [-0.2, 0) is 6.54 Å². The first-order valence-corrected chi connectivity index (χ1v) is 8.81. The third-order valence-electron chi connectivity index (χ3n) is 4.78. The van der Waals surface area contributed by atoms with Gasteiger partial charge in [0, 0.05) is 31.7 Å². The van der Waals surface area contributed by atoms with E-state index in [-0.39, 0.29) is 5.91 Å². The predicted octanol–water partition coefficient (Wildman–Crippen LogP) is 2.00. The summed E-state index contributed by atoms with van der Waals surface area (Å²) in [6.45, 7) is 5.45. The van der Waals surface area contributed by atoms with Gasteiger partial charge in [-0.2, -0.15) is 0 Å². The molecule has 0 unspecified atom stereocenters. The first-order valence-electron chi connectivity index (χ1n) is 8.81. The lowest BCUT2D eigenvalue weighted by Gasteiger charge is -2.27. The highest BCUT2D eigenvalue weighted by Crippen LogP contribution is 2.18. The summed E-state index contributed by atoms with van der Waals surface area (Å²) in [5.41, 5.74) is 3.90. The molecule has 1 aromatic heterocycles. The molecule has 0 bridgehead atoms. The molecule has 1 aliphatic heterocycles. The number of hydrogen-bond donors (Lipinski definition) is 1. The average molecular weight is 351 g/mol. The second-order valence-electron chi connectivity index (χ2n) is 6.66. The molecule has 2 heterocycles. The smallest absolute Gasteiger partial charge is 0.408 e. The van der Waals surface area contributed by atoms with Gasteiger partial charge in [0.25, 0.3) is 5.91 Å². The van der Waals surface area contributed by atoms with E-state index < -0.39 is 5.76 Å². The zero-order chi connectivity index (χ0) is 18.1. The lowest BCUT2D eigenvalue weighted by molar-refractivity contribution is 0.0736. The van der Waals surface area contributed by atoms with Gasteiger partial charge in [-0.15, -0.1) is 0 Å². The Labute approximate surface area is 151 Å². The number of carbonyl (C=O) groups is 1. The lowest BCUT2D eigenvalue weighted by Crippen LogP contribution is -2.46. The molecule has 26 heavy (non-hydrogen) atoms. The van der Waals surface area contributed by atoms with Crippen molar-refractivity contribution in [2.24, 2.45) is 0 Å². The highest BCUT2D eigenvalue weighted by atomic mass is 16.4. The Morgan fingerprint density at radius 2 is 1.85 bits per heavy atom. The average Bonchev–Trinajstić information content (AvgIpc) is 2.98. The van der Waals surface area contributed by atoms with Crippen molar-refractivity contribution in [2.45, 2.75) is 13.5 Å². The van der Waals surface area contributed by atoms with Crippen molar-refractivity contribution in [1.29, 1.82) is 0 Å². The van der Waals surface area contributed by atoms with Crippen molar-refractivity contribution >= 4 is 17.0 Å². The fraction of sp³-hybridized carbons (Fsp3) is 0.300. The molecule has 1 fully saturated rings. The summed E-state index contributed by atoms with van der Waals surface area (Å²) in [4.78, 5) is 26.7. The van der Waals surface area contributed by atoms with E-state index in [1.807, 2.05) is 36.1 Å². The second-order valence-corrected chi connectivity index (χ2v) is 6.66. The Morgan fingerprint density at radius 1 is 1.12 bits per heavy atom. The van der Waals surface area contributed by atoms with E-state index in [2.05, 4.69) is 5.32 Å². The van der Waals surface area contributed by atoms with E-state index in [1.54, 1.807) is 22.8 Å². The number of piperazine rings is 1. The second kappa shape index (κ2) is 6.80. The van der Waals surface area contributed by atoms with Crippen LogP contribution < -0.4 is 11.1 Å². The van der Waals surface area contributed by atoms with Gasteiger partial charge in [-0.25, -0.2) is 4.79 Å². The maximum atomic E-state index is 12.6. The van der Waals surface area contributed by atoms with Crippen molar-refractivity contribution in [2.75, 3.05) is 26.2 Å². The number of benzene rings is 2. The van der Waals surface area contributed by atoms with Crippen molar-refractivity contribution < 1.29 is 9.21 Å².